The minimum absolute atomic E-state index is 0.196. The van der Waals surface area contributed by atoms with Crippen molar-refractivity contribution < 1.29 is 22.4 Å². The van der Waals surface area contributed by atoms with Crippen molar-refractivity contribution in [2.45, 2.75) is 29.9 Å². The summed E-state index contributed by atoms with van der Waals surface area (Å²) in [5.74, 6) is 0.233. The molecule has 116 valence electrons. The largest absolute Gasteiger partial charge is 0.356 e. The van der Waals surface area contributed by atoms with Crippen molar-refractivity contribution >= 4 is 15.9 Å². The molecule has 2 saturated heterocycles. The summed E-state index contributed by atoms with van der Waals surface area (Å²) in [6.45, 7) is 2.94. The zero-order valence-electron chi connectivity index (χ0n) is 11.6. The van der Waals surface area contributed by atoms with Gasteiger partial charge in [-0.3, -0.25) is 4.55 Å². The SMILES string of the molecule is O=S(=O)(O)c1ccc(N2CCC3(CC2)OCCCO3)nc1. The Morgan fingerprint density at radius 3 is 2.38 bits per heavy atom. The van der Waals surface area contributed by atoms with Gasteiger partial charge in [-0.2, -0.15) is 8.42 Å². The molecule has 0 unspecified atom stereocenters. The number of hydrogen-bond acceptors (Lipinski definition) is 6. The molecule has 0 atom stereocenters. The second-order valence-corrected chi connectivity index (χ2v) is 6.70. The van der Waals surface area contributed by atoms with Crippen LogP contribution in [0, 0.1) is 0 Å². The third kappa shape index (κ3) is 3.18. The molecule has 1 aromatic heterocycles. The van der Waals surface area contributed by atoms with E-state index in [9.17, 15) is 8.42 Å². The highest BCUT2D eigenvalue weighted by Crippen LogP contribution is 2.32. The molecular formula is C13H18N2O5S. The van der Waals surface area contributed by atoms with Gasteiger partial charge in [0.2, 0.25) is 0 Å². The highest BCUT2D eigenvalue weighted by atomic mass is 32.2. The summed E-state index contributed by atoms with van der Waals surface area (Å²) in [6, 6.07) is 2.96. The molecule has 8 heteroatoms. The van der Waals surface area contributed by atoms with Gasteiger partial charge < -0.3 is 14.4 Å². The number of pyridine rings is 1. The molecule has 0 saturated carbocycles. The van der Waals surface area contributed by atoms with Crippen LogP contribution in [0.2, 0.25) is 0 Å². The molecular weight excluding hydrogens is 296 g/mol. The van der Waals surface area contributed by atoms with E-state index in [4.69, 9.17) is 14.0 Å². The van der Waals surface area contributed by atoms with E-state index in [0.717, 1.165) is 45.6 Å². The zero-order chi connectivity index (χ0) is 14.9. The average Bonchev–Trinajstić information content (AvgIpc) is 2.48. The maximum Gasteiger partial charge on any atom is 0.296 e. The van der Waals surface area contributed by atoms with Crippen molar-refractivity contribution in [3.05, 3.63) is 18.3 Å². The quantitative estimate of drug-likeness (QED) is 0.816. The fourth-order valence-electron chi connectivity index (χ4n) is 2.69. The number of aromatic nitrogens is 1. The van der Waals surface area contributed by atoms with Crippen molar-refractivity contribution in [3.63, 3.8) is 0 Å². The van der Waals surface area contributed by atoms with Gasteiger partial charge in [0.25, 0.3) is 10.1 Å². The lowest BCUT2D eigenvalue weighted by atomic mass is 10.0. The van der Waals surface area contributed by atoms with Crippen LogP contribution in [0.3, 0.4) is 0 Å². The average molecular weight is 314 g/mol. The van der Waals surface area contributed by atoms with E-state index in [0.29, 0.717) is 5.82 Å². The lowest BCUT2D eigenvalue weighted by Gasteiger charge is -2.43. The molecule has 1 aromatic rings. The zero-order valence-corrected chi connectivity index (χ0v) is 12.4. The van der Waals surface area contributed by atoms with Gasteiger partial charge in [0.05, 0.1) is 19.4 Å². The van der Waals surface area contributed by atoms with Crippen molar-refractivity contribution in [1.82, 2.24) is 4.98 Å². The topological polar surface area (TPSA) is 89.0 Å². The van der Waals surface area contributed by atoms with Crippen LogP contribution in [0.1, 0.15) is 19.3 Å². The van der Waals surface area contributed by atoms with E-state index in [2.05, 4.69) is 9.88 Å². The molecule has 3 rings (SSSR count). The second kappa shape index (κ2) is 5.53. The summed E-state index contributed by atoms with van der Waals surface area (Å²) in [5, 5.41) is 0. The molecule has 21 heavy (non-hydrogen) atoms. The molecule has 3 heterocycles. The van der Waals surface area contributed by atoms with Gasteiger partial charge in [-0.1, -0.05) is 0 Å². The monoisotopic (exact) mass is 314 g/mol. The third-order valence-electron chi connectivity index (χ3n) is 3.89. The number of piperidine rings is 1. The Morgan fingerprint density at radius 2 is 1.86 bits per heavy atom. The molecule has 0 aliphatic carbocycles. The summed E-state index contributed by atoms with van der Waals surface area (Å²) in [6.07, 6.45) is 3.62. The highest BCUT2D eigenvalue weighted by molar-refractivity contribution is 7.85. The summed E-state index contributed by atoms with van der Waals surface area (Å²) in [4.78, 5) is 5.97. The number of ether oxygens (including phenoxy) is 2. The first-order valence-corrected chi connectivity index (χ1v) is 8.39. The normalized spacial score (nSPS) is 22.4. The fraction of sp³-hybridized carbons (Fsp3) is 0.615. The van der Waals surface area contributed by atoms with Crippen molar-refractivity contribution in [2.75, 3.05) is 31.2 Å². The minimum Gasteiger partial charge on any atom is -0.356 e. The summed E-state index contributed by atoms with van der Waals surface area (Å²) >= 11 is 0. The van der Waals surface area contributed by atoms with E-state index in [-0.39, 0.29) is 4.90 Å². The number of hydrogen-bond donors (Lipinski definition) is 1. The Labute approximate surface area is 123 Å². The van der Waals surface area contributed by atoms with Crippen LogP contribution in [-0.2, 0) is 19.6 Å². The summed E-state index contributed by atoms with van der Waals surface area (Å²) in [7, 11) is -4.19. The molecule has 0 amide bonds. The second-order valence-electron chi connectivity index (χ2n) is 5.28. The van der Waals surface area contributed by atoms with Crippen molar-refractivity contribution in [2.24, 2.45) is 0 Å². The Balaban J connectivity index is 1.66. The van der Waals surface area contributed by atoms with E-state index in [1.54, 1.807) is 6.07 Å². The Kier molecular flexibility index (Phi) is 3.87. The molecule has 1 N–H and O–H groups in total. The van der Waals surface area contributed by atoms with Crippen LogP contribution < -0.4 is 4.90 Å². The maximum atomic E-state index is 11.0. The van der Waals surface area contributed by atoms with Gasteiger partial charge in [0, 0.05) is 25.9 Å². The first-order valence-electron chi connectivity index (χ1n) is 6.95. The first-order chi connectivity index (χ1) is 9.99. The molecule has 0 aromatic carbocycles. The molecule has 0 bridgehead atoms. The molecule has 2 aliphatic rings. The van der Waals surface area contributed by atoms with E-state index < -0.39 is 15.9 Å². The van der Waals surface area contributed by atoms with Crippen molar-refractivity contribution in [1.29, 1.82) is 0 Å². The molecule has 0 radical (unpaired) electrons. The van der Waals surface area contributed by atoms with Crippen LogP contribution in [-0.4, -0.2) is 50.0 Å². The lowest BCUT2D eigenvalue weighted by molar-refractivity contribution is -0.275. The Hall–Kier alpha value is -1.22. The highest BCUT2D eigenvalue weighted by Gasteiger charge is 2.38. The predicted molar refractivity (Wildman–Crippen MR) is 74.8 cm³/mol. The summed E-state index contributed by atoms with van der Waals surface area (Å²) < 4.78 is 42.5. The number of nitrogens with zero attached hydrogens (tertiary/aromatic N) is 2. The van der Waals surface area contributed by atoms with Gasteiger partial charge in [0.15, 0.2) is 5.79 Å². The fourth-order valence-corrected chi connectivity index (χ4v) is 3.12. The smallest absolute Gasteiger partial charge is 0.296 e. The van der Waals surface area contributed by atoms with Crippen LogP contribution in [0.4, 0.5) is 5.82 Å². The maximum absolute atomic E-state index is 11.0. The summed E-state index contributed by atoms with van der Waals surface area (Å²) in [5.41, 5.74) is 0. The molecule has 7 nitrogen and oxygen atoms in total. The van der Waals surface area contributed by atoms with Crippen LogP contribution in [0.5, 0.6) is 0 Å². The third-order valence-corrected chi connectivity index (χ3v) is 4.72. The van der Waals surface area contributed by atoms with Crippen LogP contribution in [0.15, 0.2) is 23.2 Å². The van der Waals surface area contributed by atoms with E-state index >= 15 is 0 Å². The standard InChI is InChI=1S/C13H18N2O5S/c16-21(17,18)11-2-3-12(14-10-11)15-6-4-13(5-7-15)19-8-1-9-20-13/h2-3,10H,1,4-9H2,(H,16,17,18). The van der Waals surface area contributed by atoms with Gasteiger partial charge >= 0.3 is 0 Å². The minimum atomic E-state index is -4.19. The lowest BCUT2D eigenvalue weighted by Crippen LogP contribution is -2.50. The van der Waals surface area contributed by atoms with Crippen LogP contribution in [0.25, 0.3) is 0 Å². The van der Waals surface area contributed by atoms with Crippen LogP contribution >= 0.6 is 0 Å². The number of anilines is 1. The van der Waals surface area contributed by atoms with Crippen molar-refractivity contribution in [3.8, 4) is 0 Å². The number of rotatable bonds is 2. The molecule has 1 spiro atoms. The Bertz CT molecular complexity index is 585. The Morgan fingerprint density at radius 1 is 1.19 bits per heavy atom. The van der Waals surface area contributed by atoms with E-state index in [1.807, 2.05) is 0 Å². The van der Waals surface area contributed by atoms with Gasteiger partial charge in [0.1, 0.15) is 10.7 Å². The predicted octanol–water partition coefficient (Wildman–Crippen LogP) is 1.06. The molecule has 2 aliphatic heterocycles. The van der Waals surface area contributed by atoms with Gasteiger partial charge in [-0.15, -0.1) is 0 Å². The van der Waals surface area contributed by atoms with E-state index in [1.165, 1.54) is 12.3 Å². The van der Waals surface area contributed by atoms with Gasteiger partial charge in [-0.05, 0) is 18.6 Å². The first kappa shape index (κ1) is 14.7. The molecule has 2 fully saturated rings. The van der Waals surface area contributed by atoms with Gasteiger partial charge in [-0.25, -0.2) is 4.98 Å².